The highest BCUT2D eigenvalue weighted by Gasteiger charge is 2.30. The summed E-state index contributed by atoms with van der Waals surface area (Å²) in [6.07, 6.45) is 5.65. The fourth-order valence-electron chi connectivity index (χ4n) is 2.41. The minimum atomic E-state index is -0.0643. The van der Waals surface area contributed by atoms with Crippen LogP contribution in [0.3, 0.4) is 0 Å². The zero-order valence-corrected chi connectivity index (χ0v) is 10.2. The molecule has 0 radical (unpaired) electrons. The van der Waals surface area contributed by atoms with Gasteiger partial charge in [0.15, 0.2) is 0 Å². The van der Waals surface area contributed by atoms with Crippen molar-refractivity contribution in [2.45, 2.75) is 58.0 Å². The number of ether oxygens (including phenoxy) is 1. The Morgan fingerprint density at radius 3 is 2.80 bits per heavy atom. The highest BCUT2D eigenvalue weighted by atomic mass is 16.5. The van der Waals surface area contributed by atoms with Crippen LogP contribution in [0.15, 0.2) is 0 Å². The number of likely N-dealkylation sites (tertiary alicyclic amines) is 1. The summed E-state index contributed by atoms with van der Waals surface area (Å²) in [6, 6.07) is 0.504. The van der Waals surface area contributed by atoms with Gasteiger partial charge in [0.2, 0.25) is 0 Å². The SMILES string of the molecule is CCC[C@H](C(=O)OC)N1CCCC[C@H]1C. The summed E-state index contributed by atoms with van der Waals surface area (Å²) in [5.74, 6) is -0.0643. The first kappa shape index (κ1) is 12.5. The molecule has 88 valence electrons. The number of carbonyl (C=O) groups excluding carboxylic acids is 1. The molecule has 0 spiro atoms. The van der Waals surface area contributed by atoms with Gasteiger partial charge in [-0.1, -0.05) is 19.8 Å². The Hall–Kier alpha value is -0.570. The van der Waals surface area contributed by atoms with Crippen LogP contribution in [0.4, 0.5) is 0 Å². The Morgan fingerprint density at radius 2 is 2.27 bits per heavy atom. The zero-order valence-electron chi connectivity index (χ0n) is 10.2. The van der Waals surface area contributed by atoms with Gasteiger partial charge in [-0.05, 0) is 32.7 Å². The van der Waals surface area contributed by atoms with Gasteiger partial charge in [0.1, 0.15) is 6.04 Å². The van der Waals surface area contributed by atoms with Gasteiger partial charge in [0.05, 0.1) is 7.11 Å². The average Bonchev–Trinajstić information content (AvgIpc) is 2.26. The highest BCUT2D eigenvalue weighted by Crippen LogP contribution is 2.21. The van der Waals surface area contributed by atoms with Gasteiger partial charge in [-0.3, -0.25) is 9.69 Å². The molecule has 1 aliphatic rings. The van der Waals surface area contributed by atoms with E-state index in [0.29, 0.717) is 6.04 Å². The fraction of sp³-hybridized carbons (Fsp3) is 0.917. The highest BCUT2D eigenvalue weighted by molar-refractivity contribution is 5.75. The van der Waals surface area contributed by atoms with E-state index in [1.54, 1.807) is 0 Å². The van der Waals surface area contributed by atoms with Crippen LogP contribution in [0.1, 0.15) is 46.0 Å². The lowest BCUT2D eigenvalue weighted by Gasteiger charge is -2.38. The van der Waals surface area contributed by atoms with E-state index in [2.05, 4.69) is 18.7 Å². The van der Waals surface area contributed by atoms with E-state index >= 15 is 0 Å². The minimum absolute atomic E-state index is 0.0182. The maximum absolute atomic E-state index is 11.7. The summed E-state index contributed by atoms with van der Waals surface area (Å²) < 4.78 is 4.89. The second-order valence-electron chi connectivity index (χ2n) is 4.41. The minimum Gasteiger partial charge on any atom is -0.468 e. The van der Waals surface area contributed by atoms with Crippen molar-refractivity contribution < 1.29 is 9.53 Å². The first-order valence-corrected chi connectivity index (χ1v) is 6.04. The van der Waals surface area contributed by atoms with Crippen molar-refractivity contribution in [1.82, 2.24) is 4.90 Å². The van der Waals surface area contributed by atoms with Crippen LogP contribution in [0.5, 0.6) is 0 Å². The Morgan fingerprint density at radius 1 is 1.53 bits per heavy atom. The van der Waals surface area contributed by atoms with Crippen molar-refractivity contribution in [1.29, 1.82) is 0 Å². The largest absolute Gasteiger partial charge is 0.468 e. The predicted octanol–water partition coefficient (Wildman–Crippen LogP) is 2.20. The number of methoxy groups -OCH3 is 1. The first-order chi connectivity index (χ1) is 7.20. The van der Waals surface area contributed by atoms with Crippen molar-refractivity contribution in [3.63, 3.8) is 0 Å². The lowest BCUT2D eigenvalue weighted by molar-refractivity contribution is -0.148. The van der Waals surface area contributed by atoms with E-state index in [0.717, 1.165) is 19.4 Å². The average molecular weight is 213 g/mol. The number of nitrogens with zero attached hydrogens (tertiary/aromatic N) is 1. The summed E-state index contributed by atoms with van der Waals surface area (Å²) in [4.78, 5) is 14.0. The van der Waals surface area contributed by atoms with Crippen LogP contribution >= 0.6 is 0 Å². The molecular weight excluding hydrogens is 190 g/mol. The molecule has 1 rings (SSSR count). The maximum Gasteiger partial charge on any atom is 0.323 e. The van der Waals surface area contributed by atoms with Crippen LogP contribution in [-0.2, 0) is 9.53 Å². The van der Waals surface area contributed by atoms with E-state index in [1.807, 2.05) is 0 Å². The summed E-state index contributed by atoms with van der Waals surface area (Å²) in [5, 5.41) is 0. The number of hydrogen-bond donors (Lipinski definition) is 0. The normalized spacial score (nSPS) is 24.9. The molecular formula is C12H23NO2. The number of piperidine rings is 1. The second-order valence-corrected chi connectivity index (χ2v) is 4.41. The molecule has 0 amide bonds. The third kappa shape index (κ3) is 3.20. The Bertz CT molecular complexity index is 206. The van der Waals surface area contributed by atoms with Crippen LogP contribution < -0.4 is 0 Å². The van der Waals surface area contributed by atoms with Crippen molar-refractivity contribution in [2.24, 2.45) is 0 Å². The maximum atomic E-state index is 11.7. The van der Waals surface area contributed by atoms with Gasteiger partial charge in [0, 0.05) is 6.04 Å². The number of carbonyl (C=O) groups is 1. The van der Waals surface area contributed by atoms with E-state index in [9.17, 15) is 4.79 Å². The lowest BCUT2D eigenvalue weighted by Crippen LogP contribution is -2.49. The summed E-state index contributed by atoms with van der Waals surface area (Å²) in [7, 11) is 1.49. The second kappa shape index (κ2) is 6.11. The van der Waals surface area contributed by atoms with Gasteiger partial charge in [0.25, 0.3) is 0 Å². The number of rotatable bonds is 4. The van der Waals surface area contributed by atoms with Gasteiger partial charge < -0.3 is 4.74 Å². The van der Waals surface area contributed by atoms with Crippen molar-refractivity contribution >= 4 is 5.97 Å². The summed E-state index contributed by atoms with van der Waals surface area (Å²) >= 11 is 0. The molecule has 0 aromatic carbocycles. The molecule has 0 bridgehead atoms. The molecule has 1 heterocycles. The molecule has 1 aliphatic heterocycles. The van der Waals surface area contributed by atoms with Crippen LogP contribution in [0.2, 0.25) is 0 Å². The molecule has 15 heavy (non-hydrogen) atoms. The van der Waals surface area contributed by atoms with Gasteiger partial charge in [-0.2, -0.15) is 0 Å². The summed E-state index contributed by atoms with van der Waals surface area (Å²) in [6.45, 7) is 5.37. The van der Waals surface area contributed by atoms with Crippen LogP contribution in [-0.4, -0.2) is 36.6 Å². The molecule has 3 nitrogen and oxygen atoms in total. The fourth-order valence-corrected chi connectivity index (χ4v) is 2.41. The molecule has 0 saturated carbocycles. The molecule has 0 aliphatic carbocycles. The van der Waals surface area contributed by atoms with E-state index < -0.39 is 0 Å². The number of esters is 1. The standard InChI is InChI=1S/C12H23NO2/c1-4-7-11(12(14)15-3)13-9-6-5-8-10(13)2/h10-11H,4-9H2,1-3H3/t10-,11-/m1/s1. The van der Waals surface area contributed by atoms with Gasteiger partial charge in [-0.25, -0.2) is 0 Å². The van der Waals surface area contributed by atoms with Crippen molar-refractivity contribution in [2.75, 3.05) is 13.7 Å². The molecule has 2 atom stereocenters. The number of hydrogen-bond acceptors (Lipinski definition) is 3. The molecule has 3 heteroatoms. The molecule has 0 N–H and O–H groups in total. The molecule has 0 aromatic heterocycles. The zero-order chi connectivity index (χ0) is 11.3. The topological polar surface area (TPSA) is 29.5 Å². The molecule has 1 fully saturated rings. The Labute approximate surface area is 92.8 Å². The third-order valence-corrected chi connectivity index (χ3v) is 3.29. The monoisotopic (exact) mass is 213 g/mol. The van der Waals surface area contributed by atoms with Crippen molar-refractivity contribution in [3.8, 4) is 0 Å². The molecule has 1 saturated heterocycles. The lowest BCUT2D eigenvalue weighted by atomic mass is 9.99. The van der Waals surface area contributed by atoms with Crippen molar-refractivity contribution in [3.05, 3.63) is 0 Å². The van der Waals surface area contributed by atoms with Crippen LogP contribution in [0.25, 0.3) is 0 Å². The molecule has 0 aromatic rings. The Kier molecular flexibility index (Phi) is 5.09. The smallest absolute Gasteiger partial charge is 0.323 e. The quantitative estimate of drug-likeness (QED) is 0.670. The van der Waals surface area contributed by atoms with Gasteiger partial charge in [-0.15, -0.1) is 0 Å². The van der Waals surface area contributed by atoms with E-state index in [4.69, 9.17) is 4.74 Å². The first-order valence-electron chi connectivity index (χ1n) is 6.04. The Balaban J connectivity index is 2.64. The molecule has 0 unspecified atom stereocenters. The van der Waals surface area contributed by atoms with Crippen LogP contribution in [0, 0.1) is 0 Å². The van der Waals surface area contributed by atoms with E-state index in [1.165, 1.54) is 26.4 Å². The van der Waals surface area contributed by atoms with E-state index in [-0.39, 0.29) is 12.0 Å². The predicted molar refractivity (Wildman–Crippen MR) is 60.7 cm³/mol. The summed E-state index contributed by atoms with van der Waals surface area (Å²) in [5.41, 5.74) is 0. The van der Waals surface area contributed by atoms with Gasteiger partial charge >= 0.3 is 5.97 Å². The third-order valence-electron chi connectivity index (χ3n) is 3.29.